The average molecular weight is 542 g/mol. The van der Waals surface area contributed by atoms with Crippen LogP contribution in [0, 0.1) is 0 Å². The van der Waals surface area contributed by atoms with E-state index in [9.17, 15) is 24.0 Å². The second-order valence-corrected chi connectivity index (χ2v) is 8.34. The van der Waals surface area contributed by atoms with E-state index in [1.165, 1.54) is 37.5 Å². The third-order valence-electron chi connectivity index (χ3n) is 4.95. The van der Waals surface area contributed by atoms with Crippen molar-refractivity contribution in [3.05, 3.63) is 35.4 Å². The molecule has 1 aliphatic rings. The monoisotopic (exact) mass is 541 g/mol. The van der Waals surface area contributed by atoms with Crippen molar-refractivity contribution in [1.29, 1.82) is 0 Å². The van der Waals surface area contributed by atoms with Crippen molar-refractivity contribution >= 4 is 29.8 Å². The predicted octanol–water partition coefficient (Wildman–Crippen LogP) is 2.94. The molecule has 12 heteroatoms. The fraction of sp³-hybridized carbons (Fsp3) is 0.577. The molecule has 1 saturated heterocycles. The van der Waals surface area contributed by atoms with E-state index in [2.05, 4.69) is 5.32 Å². The highest BCUT2D eigenvalue weighted by Crippen LogP contribution is 2.05. The highest BCUT2D eigenvalue weighted by molar-refractivity contribution is 5.93. The number of hydrogen-bond acceptors (Lipinski definition) is 7. The van der Waals surface area contributed by atoms with Crippen molar-refractivity contribution in [3.63, 3.8) is 0 Å². The SMILES string of the molecule is NCCCCCCN.O=C(O)CCCCC(=O)O.O=C(O)c1cccc(C(=O)O)c1.O=C1CCCCCN1. The minimum Gasteiger partial charge on any atom is -0.481 e. The summed E-state index contributed by atoms with van der Waals surface area (Å²) in [6, 6.07) is 5.20. The van der Waals surface area contributed by atoms with Gasteiger partial charge in [-0.1, -0.05) is 25.3 Å². The maximum absolute atomic E-state index is 10.6. The summed E-state index contributed by atoms with van der Waals surface area (Å²) in [6.45, 7) is 2.54. The van der Waals surface area contributed by atoms with Gasteiger partial charge in [0.2, 0.25) is 5.91 Å². The summed E-state index contributed by atoms with van der Waals surface area (Å²) in [7, 11) is 0. The summed E-state index contributed by atoms with van der Waals surface area (Å²) in [4.78, 5) is 51.1. The molecule has 1 aromatic carbocycles. The van der Waals surface area contributed by atoms with Crippen LogP contribution < -0.4 is 16.8 Å². The number of carboxylic acids is 4. The second kappa shape index (κ2) is 25.2. The fourth-order valence-corrected chi connectivity index (χ4v) is 2.88. The number of nitrogens with one attached hydrogen (secondary N) is 1. The Balaban J connectivity index is 0. The minimum absolute atomic E-state index is 0.0186. The number of nitrogens with two attached hydrogens (primary N) is 2. The van der Waals surface area contributed by atoms with Gasteiger partial charge < -0.3 is 37.2 Å². The number of aromatic carboxylic acids is 2. The van der Waals surface area contributed by atoms with Crippen LogP contribution in [0.15, 0.2) is 24.3 Å². The number of hydrogen-bond donors (Lipinski definition) is 7. The van der Waals surface area contributed by atoms with Crippen LogP contribution in [0.3, 0.4) is 0 Å². The first kappa shape index (κ1) is 36.6. The molecular weight excluding hydrogens is 498 g/mol. The van der Waals surface area contributed by atoms with Crippen LogP contribution in [-0.4, -0.2) is 69.8 Å². The van der Waals surface area contributed by atoms with Crippen LogP contribution in [-0.2, 0) is 14.4 Å². The average Bonchev–Trinajstić information content (AvgIpc) is 3.13. The van der Waals surface area contributed by atoms with Crippen LogP contribution in [0.2, 0.25) is 0 Å². The Hall–Kier alpha value is -3.51. The minimum atomic E-state index is -1.13. The number of carboxylic acid groups (broad SMARTS) is 4. The lowest BCUT2D eigenvalue weighted by atomic mass is 10.1. The Morgan fingerprint density at radius 3 is 1.58 bits per heavy atom. The van der Waals surface area contributed by atoms with E-state index < -0.39 is 23.9 Å². The van der Waals surface area contributed by atoms with E-state index in [1.54, 1.807) is 0 Å². The summed E-state index contributed by atoms with van der Waals surface area (Å²) >= 11 is 0. The van der Waals surface area contributed by atoms with Gasteiger partial charge in [-0.25, -0.2) is 9.59 Å². The Labute approximate surface area is 223 Å². The largest absolute Gasteiger partial charge is 0.481 e. The number of carbonyl (C=O) groups is 5. The first-order chi connectivity index (χ1) is 18.0. The molecular formula is C26H43N3O9. The molecule has 0 aromatic heterocycles. The molecule has 0 aliphatic carbocycles. The third kappa shape index (κ3) is 25.6. The smallest absolute Gasteiger partial charge is 0.335 e. The molecule has 0 radical (unpaired) electrons. The summed E-state index contributed by atoms with van der Waals surface area (Å²) in [5.74, 6) is -3.77. The summed E-state index contributed by atoms with van der Waals surface area (Å²) < 4.78 is 0. The molecule has 216 valence electrons. The van der Waals surface area contributed by atoms with Gasteiger partial charge in [-0.05, 0) is 69.8 Å². The van der Waals surface area contributed by atoms with Crippen molar-refractivity contribution < 1.29 is 44.4 Å². The lowest BCUT2D eigenvalue weighted by molar-refractivity contribution is -0.139. The van der Waals surface area contributed by atoms with Gasteiger partial charge in [-0.15, -0.1) is 0 Å². The highest BCUT2D eigenvalue weighted by atomic mass is 16.4. The number of unbranched alkanes of at least 4 members (excludes halogenated alkanes) is 4. The van der Waals surface area contributed by atoms with Gasteiger partial charge in [0.15, 0.2) is 0 Å². The molecule has 0 unspecified atom stereocenters. The van der Waals surface area contributed by atoms with Crippen LogP contribution in [0.25, 0.3) is 0 Å². The van der Waals surface area contributed by atoms with Crippen LogP contribution in [0.5, 0.6) is 0 Å². The summed E-state index contributed by atoms with van der Waals surface area (Å²) in [6.07, 6.45) is 9.99. The van der Waals surface area contributed by atoms with Gasteiger partial charge in [0.1, 0.15) is 0 Å². The van der Waals surface area contributed by atoms with Crippen LogP contribution in [0.4, 0.5) is 0 Å². The van der Waals surface area contributed by atoms with E-state index in [0.29, 0.717) is 12.8 Å². The zero-order valence-corrected chi connectivity index (χ0v) is 21.9. The molecule has 0 spiro atoms. The first-order valence-corrected chi connectivity index (χ1v) is 12.7. The van der Waals surface area contributed by atoms with Crippen molar-refractivity contribution in [2.24, 2.45) is 11.5 Å². The molecule has 1 fully saturated rings. The first-order valence-electron chi connectivity index (χ1n) is 12.7. The summed E-state index contributed by atoms with van der Waals surface area (Å²) in [5, 5.41) is 36.1. The highest BCUT2D eigenvalue weighted by Gasteiger charge is 2.07. The van der Waals surface area contributed by atoms with Crippen LogP contribution in [0.1, 0.15) is 97.8 Å². The van der Waals surface area contributed by atoms with Gasteiger partial charge in [0, 0.05) is 25.8 Å². The summed E-state index contributed by atoms with van der Waals surface area (Å²) in [5.41, 5.74) is 10.5. The molecule has 12 nitrogen and oxygen atoms in total. The number of carbonyl (C=O) groups excluding carboxylic acids is 1. The van der Waals surface area contributed by atoms with Crippen LogP contribution >= 0.6 is 0 Å². The quantitative estimate of drug-likeness (QED) is 0.190. The number of rotatable bonds is 12. The van der Waals surface area contributed by atoms with Gasteiger partial charge in [-0.3, -0.25) is 14.4 Å². The molecule has 1 amide bonds. The van der Waals surface area contributed by atoms with E-state index in [-0.39, 0.29) is 29.9 Å². The lowest BCUT2D eigenvalue weighted by Crippen LogP contribution is -2.21. The molecule has 0 bridgehead atoms. The number of benzene rings is 1. The molecule has 1 aliphatic heterocycles. The number of amides is 1. The van der Waals surface area contributed by atoms with E-state index >= 15 is 0 Å². The molecule has 0 saturated carbocycles. The van der Waals surface area contributed by atoms with Gasteiger partial charge in [0.25, 0.3) is 0 Å². The van der Waals surface area contributed by atoms with E-state index in [4.69, 9.17) is 31.9 Å². The number of aliphatic carboxylic acids is 2. The van der Waals surface area contributed by atoms with E-state index in [0.717, 1.165) is 57.8 Å². The zero-order chi connectivity index (χ0) is 29.2. The standard InChI is InChI=1S/C8H6O4.C6H16N2.C6H11NO.C6H10O4/c9-7(10)5-2-1-3-6(4-5)8(11)12;7-5-3-1-2-4-6-8;8-6-4-2-1-3-5-7-6;7-5(8)3-1-2-4-6(9)10/h1-4H,(H,9,10)(H,11,12);1-8H2;1-5H2,(H,7,8);1-4H2,(H,7,8)(H,9,10). The molecule has 1 heterocycles. The van der Waals surface area contributed by atoms with Gasteiger partial charge in [-0.2, -0.15) is 0 Å². The topological polar surface area (TPSA) is 230 Å². The normalized spacial score (nSPS) is 12.0. The second-order valence-electron chi connectivity index (χ2n) is 8.34. The molecule has 2 rings (SSSR count). The maximum atomic E-state index is 10.6. The maximum Gasteiger partial charge on any atom is 0.335 e. The molecule has 1 aromatic rings. The zero-order valence-electron chi connectivity index (χ0n) is 21.9. The van der Waals surface area contributed by atoms with Gasteiger partial charge >= 0.3 is 23.9 Å². The molecule has 9 N–H and O–H groups in total. The Morgan fingerprint density at radius 2 is 1.18 bits per heavy atom. The Kier molecular flexibility index (Phi) is 24.3. The fourth-order valence-electron chi connectivity index (χ4n) is 2.88. The third-order valence-corrected chi connectivity index (χ3v) is 4.95. The Morgan fingerprint density at radius 1 is 0.711 bits per heavy atom. The lowest BCUT2D eigenvalue weighted by Gasteiger charge is -1.95. The van der Waals surface area contributed by atoms with E-state index in [1.807, 2.05) is 0 Å². The van der Waals surface area contributed by atoms with Crippen molar-refractivity contribution in [2.75, 3.05) is 19.6 Å². The van der Waals surface area contributed by atoms with Crippen molar-refractivity contribution in [1.82, 2.24) is 5.32 Å². The van der Waals surface area contributed by atoms with Gasteiger partial charge in [0.05, 0.1) is 11.1 Å². The van der Waals surface area contributed by atoms with Crippen molar-refractivity contribution in [3.8, 4) is 0 Å². The van der Waals surface area contributed by atoms with Crippen molar-refractivity contribution in [2.45, 2.75) is 77.0 Å². The predicted molar refractivity (Wildman–Crippen MR) is 142 cm³/mol. The Bertz CT molecular complexity index is 771. The molecule has 38 heavy (non-hydrogen) atoms. The molecule has 0 atom stereocenters.